The quantitative estimate of drug-likeness (QED) is 0.504. The van der Waals surface area contributed by atoms with Crippen molar-refractivity contribution in [3.05, 3.63) is 48.0 Å². The van der Waals surface area contributed by atoms with Gasteiger partial charge in [-0.3, -0.25) is 10.1 Å². The first-order valence-corrected chi connectivity index (χ1v) is 10.8. The van der Waals surface area contributed by atoms with Crippen LogP contribution in [0.3, 0.4) is 0 Å². The standard InChI is InChI=1S/C24H32N4O3/c1-5-27(6-2)15-16-28-20-10-8-7-9-19(20)25-24(28)26-23(29)14-12-18-11-13-21(30-3)22(17-18)31-4/h7-11,13,17H,5-6,12,14-16H2,1-4H3,(H,25,26,29). The predicted molar refractivity (Wildman–Crippen MR) is 124 cm³/mol. The smallest absolute Gasteiger partial charge is 0.227 e. The van der Waals surface area contributed by atoms with Crippen LogP contribution in [-0.4, -0.2) is 54.2 Å². The highest BCUT2D eigenvalue weighted by atomic mass is 16.5. The number of hydrogen-bond donors (Lipinski definition) is 1. The van der Waals surface area contributed by atoms with Gasteiger partial charge in [0.25, 0.3) is 0 Å². The van der Waals surface area contributed by atoms with Gasteiger partial charge in [-0.05, 0) is 49.3 Å². The molecule has 2 aromatic carbocycles. The fourth-order valence-corrected chi connectivity index (χ4v) is 3.66. The van der Waals surface area contributed by atoms with E-state index in [0.717, 1.165) is 42.8 Å². The summed E-state index contributed by atoms with van der Waals surface area (Å²) in [5, 5.41) is 3.02. The van der Waals surface area contributed by atoms with E-state index >= 15 is 0 Å². The molecule has 31 heavy (non-hydrogen) atoms. The number of fused-ring (bicyclic) bond motifs is 1. The molecule has 3 aromatic rings. The van der Waals surface area contributed by atoms with Crippen LogP contribution in [0.1, 0.15) is 25.8 Å². The number of anilines is 1. The van der Waals surface area contributed by atoms with E-state index in [9.17, 15) is 4.79 Å². The Balaban J connectivity index is 1.70. The summed E-state index contributed by atoms with van der Waals surface area (Å²) in [4.78, 5) is 19.7. The molecule has 166 valence electrons. The summed E-state index contributed by atoms with van der Waals surface area (Å²) in [6.07, 6.45) is 0.959. The van der Waals surface area contributed by atoms with Crippen LogP contribution in [0.5, 0.6) is 11.5 Å². The lowest BCUT2D eigenvalue weighted by Crippen LogP contribution is -2.27. The molecule has 1 heterocycles. The van der Waals surface area contributed by atoms with Crippen LogP contribution in [0.2, 0.25) is 0 Å². The molecule has 0 atom stereocenters. The molecule has 0 spiro atoms. The van der Waals surface area contributed by atoms with Gasteiger partial charge in [-0.1, -0.05) is 32.0 Å². The predicted octanol–water partition coefficient (Wildman–Crippen LogP) is 3.97. The third kappa shape index (κ3) is 5.55. The number of hydrogen-bond acceptors (Lipinski definition) is 5. The summed E-state index contributed by atoms with van der Waals surface area (Å²) in [7, 11) is 3.22. The Morgan fingerprint density at radius 2 is 1.81 bits per heavy atom. The van der Waals surface area contributed by atoms with E-state index in [1.54, 1.807) is 14.2 Å². The number of likely N-dealkylation sites (N-methyl/N-ethyl adjacent to an activating group) is 1. The number of imidazole rings is 1. The van der Waals surface area contributed by atoms with Gasteiger partial charge in [-0.2, -0.15) is 0 Å². The molecule has 0 bridgehead atoms. The van der Waals surface area contributed by atoms with Crippen LogP contribution in [-0.2, 0) is 17.8 Å². The van der Waals surface area contributed by atoms with E-state index in [1.165, 1.54) is 0 Å². The molecule has 1 amide bonds. The van der Waals surface area contributed by atoms with Crippen LogP contribution in [0.4, 0.5) is 5.95 Å². The molecule has 0 saturated heterocycles. The average molecular weight is 425 g/mol. The van der Waals surface area contributed by atoms with E-state index in [0.29, 0.717) is 30.3 Å². The highest BCUT2D eigenvalue weighted by Gasteiger charge is 2.14. The maximum Gasteiger partial charge on any atom is 0.227 e. The minimum absolute atomic E-state index is 0.0609. The van der Waals surface area contributed by atoms with Crippen molar-refractivity contribution in [2.75, 3.05) is 39.2 Å². The van der Waals surface area contributed by atoms with Crippen molar-refractivity contribution in [2.45, 2.75) is 33.2 Å². The molecule has 0 radical (unpaired) electrons. The molecule has 0 saturated carbocycles. The van der Waals surface area contributed by atoms with Gasteiger partial charge >= 0.3 is 0 Å². The lowest BCUT2D eigenvalue weighted by Gasteiger charge is -2.19. The summed E-state index contributed by atoms with van der Waals surface area (Å²) in [6.45, 7) is 7.99. The van der Waals surface area contributed by atoms with Crippen molar-refractivity contribution < 1.29 is 14.3 Å². The van der Waals surface area contributed by atoms with Crippen molar-refractivity contribution in [1.82, 2.24) is 14.5 Å². The number of nitrogens with zero attached hydrogens (tertiary/aromatic N) is 3. The first-order valence-electron chi connectivity index (χ1n) is 10.8. The van der Waals surface area contributed by atoms with Gasteiger partial charge in [0, 0.05) is 19.5 Å². The van der Waals surface area contributed by atoms with E-state index in [4.69, 9.17) is 9.47 Å². The van der Waals surface area contributed by atoms with Crippen molar-refractivity contribution in [2.24, 2.45) is 0 Å². The fraction of sp³-hybridized carbons (Fsp3) is 0.417. The van der Waals surface area contributed by atoms with Gasteiger partial charge in [0.2, 0.25) is 11.9 Å². The Hall–Kier alpha value is -3.06. The maximum atomic E-state index is 12.7. The number of nitrogens with one attached hydrogen (secondary N) is 1. The Labute approximate surface area is 184 Å². The number of rotatable bonds is 11. The summed E-state index contributed by atoms with van der Waals surface area (Å²) < 4.78 is 12.7. The molecule has 0 aliphatic carbocycles. The minimum Gasteiger partial charge on any atom is -0.493 e. The van der Waals surface area contributed by atoms with Crippen molar-refractivity contribution in [3.63, 3.8) is 0 Å². The van der Waals surface area contributed by atoms with Gasteiger partial charge in [0.05, 0.1) is 25.3 Å². The SMILES string of the molecule is CCN(CC)CCn1c(NC(=O)CCc2ccc(OC)c(OC)c2)nc2ccccc21. The molecule has 7 nitrogen and oxygen atoms in total. The topological polar surface area (TPSA) is 68.6 Å². The normalized spacial score (nSPS) is 11.1. The van der Waals surface area contributed by atoms with E-state index in [2.05, 4.69) is 33.6 Å². The monoisotopic (exact) mass is 424 g/mol. The highest BCUT2D eigenvalue weighted by molar-refractivity contribution is 5.91. The molecule has 0 aliphatic rings. The van der Waals surface area contributed by atoms with Crippen molar-refractivity contribution >= 4 is 22.9 Å². The number of carbonyl (C=O) groups is 1. The van der Waals surface area contributed by atoms with Crippen LogP contribution in [0.15, 0.2) is 42.5 Å². The molecule has 1 N–H and O–H groups in total. The molecule has 1 aromatic heterocycles. The number of aromatic nitrogens is 2. The zero-order valence-corrected chi connectivity index (χ0v) is 18.9. The maximum absolute atomic E-state index is 12.7. The molecule has 7 heteroatoms. The van der Waals surface area contributed by atoms with Crippen LogP contribution in [0, 0.1) is 0 Å². The zero-order valence-electron chi connectivity index (χ0n) is 18.9. The summed E-state index contributed by atoms with van der Waals surface area (Å²) in [5.41, 5.74) is 2.94. The first-order chi connectivity index (χ1) is 15.1. The molecular weight excluding hydrogens is 392 g/mol. The summed E-state index contributed by atoms with van der Waals surface area (Å²) in [6, 6.07) is 13.7. The van der Waals surface area contributed by atoms with Gasteiger partial charge in [-0.15, -0.1) is 0 Å². The molecule has 0 fully saturated rings. The number of amides is 1. The number of para-hydroxylation sites is 2. The number of benzene rings is 2. The Kier molecular flexibility index (Phi) is 7.89. The zero-order chi connectivity index (χ0) is 22.2. The highest BCUT2D eigenvalue weighted by Crippen LogP contribution is 2.28. The molecule has 0 unspecified atom stereocenters. The first kappa shape index (κ1) is 22.6. The Morgan fingerprint density at radius 1 is 1.06 bits per heavy atom. The van der Waals surface area contributed by atoms with Crippen molar-refractivity contribution in [1.29, 1.82) is 0 Å². The number of carbonyl (C=O) groups excluding carboxylic acids is 1. The Morgan fingerprint density at radius 3 is 2.52 bits per heavy atom. The molecule has 0 aliphatic heterocycles. The molecular formula is C24H32N4O3. The van der Waals surface area contributed by atoms with Crippen LogP contribution >= 0.6 is 0 Å². The summed E-state index contributed by atoms with van der Waals surface area (Å²) >= 11 is 0. The van der Waals surface area contributed by atoms with Gasteiger partial charge < -0.3 is 18.9 Å². The fourth-order valence-electron chi connectivity index (χ4n) is 3.66. The third-order valence-corrected chi connectivity index (χ3v) is 5.53. The lowest BCUT2D eigenvalue weighted by atomic mass is 10.1. The lowest BCUT2D eigenvalue weighted by molar-refractivity contribution is -0.116. The average Bonchev–Trinajstić information content (AvgIpc) is 3.15. The molecule has 3 rings (SSSR count). The minimum atomic E-state index is -0.0609. The van der Waals surface area contributed by atoms with Gasteiger partial charge in [0.1, 0.15) is 0 Å². The number of ether oxygens (including phenoxy) is 2. The van der Waals surface area contributed by atoms with Gasteiger partial charge in [0.15, 0.2) is 11.5 Å². The van der Waals surface area contributed by atoms with Crippen molar-refractivity contribution in [3.8, 4) is 11.5 Å². The second-order valence-electron chi connectivity index (χ2n) is 7.34. The van der Waals surface area contributed by atoms with E-state index < -0.39 is 0 Å². The number of aryl methyl sites for hydroxylation is 1. The second-order valence-corrected chi connectivity index (χ2v) is 7.34. The largest absolute Gasteiger partial charge is 0.493 e. The van der Waals surface area contributed by atoms with Crippen LogP contribution < -0.4 is 14.8 Å². The van der Waals surface area contributed by atoms with Gasteiger partial charge in [-0.25, -0.2) is 4.98 Å². The van der Waals surface area contributed by atoms with E-state index in [-0.39, 0.29) is 5.91 Å². The second kappa shape index (κ2) is 10.8. The number of methoxy groups -OCH3 is 2. The summed E-state index contributed by atoms with van der Waals surface area (Å²) in [5.74, 6) is 1.89. The van der Waals surface area contributed by atoms with E-state index in [1.807, 2.05) is 42.5 Å². The third-order valence-electron chi connectivity index (χ3n) is 5.53. The Bertz CT molecular complexity index is 1010. The van der Waals surface area contributed by atoms with Crippen LogP contribution in [0.25, 0.3) is 11.0 Å².